The summed E-state index contributed by atoms with van der Waals surface area (Å²) in [5.74, 6) is -0.785. The largest absolute Gasteiger partial charge is 0.506 e. The molecule has 4 heteroatoms. The molecule has 3 nitrogen and oxygen atoms in total. The fourth-order valence-corrected chi connectivity index (χ4v) is 2.72. The number of rotatable bonds is 3. The summed E-state index contributed by atoms with van der Waals surface area (Å²) in [5.41, 5.74) is 2.25. The number of phenolic OH excluding ortho intramolecular Hbond substituents is 1. The van der Waals surface area contributed by atoms with Gasteiger partial charge in [-0.05, 0) is 43.9 Å². The van der Waals surface area contributed by atoms with Crippen molar-refractivity contribution in [2.75, 3.05) is 0 Å². The maximum absolute atomic E-state index is 10.9. The van der Waals surface area contributed by atoms with Gasteiger partial charge in [0.15, 0.2) is 0 Å². The van der Waals surface area contributed by atoms with E-state index in [1.807, 2.05) is 13.8 Å². The van der Waals surface area contributed by atoms with Crippen molar-refractivity contribution in [1.29, 1.82) is 0 Å². The molecule has 0 radical (unpaired) electrons. The molecule has 1 aromatic carbocycles. The number of halogens is 1. The van der Waals surface area contributed by atoms with Crippen LogP contribution >= 0.6 is 11.6 Å². The zero-order chi connectivity index (χ0) is 12.8. The van der Waals surface area contributed by atoms with Crippen LogP contribution in [0.2, 0.25) is 5.02 Å². The number of aliphatic carboxylic acids is 1. The van der Waals surface area contributed by atoms with E-state index in [9.17, 15) is 9.90 Å². The Balaban J connectivity index is 2.55. The van der Waals surface area contributed by atoms with Crippen molar-refractivity contribution in [3.63, 3.8) is 0 Å². The molecule has 0 saturated heterocycles. The molecule has 1 aliphatic rings. The van der Waals surface area contributed by atoms with Gasteiger partial charge in [-0.1, -0.05) is 11.6 Å². The lowest BCUT2D eigenvalue weighted by Crippen LogP contribution is -2.15. The Hall–Kier alpha value is -1.22. The standard InChI is InChI=1S/C13H15ClO3/c1-7-5-9(14)12(17)11(8(7)2)13(3-4-13)6-10(15)16/h5,17H,3-4,6H2,1-2H3,(H,15,16). The van der Waals surface area contributed by atoms with Crippen molar-refractivity contribution in [1.82, 2.24) is 0 Å². The first-order chi connectivity index (χ1) is 7.87. The van der Waals surface area contributed by atoms with Crippen molar-refractivity contribution >= 4 is 17.6 Å². The van der Waals surface area contributed by atoms with Crippen LogP contribution in [-0.2, 0) is 10.2 Å². The van der Waals surface area contributed by atoms with Crippen molar-refractivity contribution < 1.29 is 15.0 Å². The molecule has 1 fully saturated rings. The highest BCUT2D eigenvalue weighted by molar-refractivity contribution is 6.32. The van der Waals surface area contributed by atoms with Crippen molar-refractivity contribution in [3.05, 3.63) is 27.8 Å². The Morgan fingerprint density at radius 3 is 2.53 bits per heavy atom. The van der Waals surface area contributed by atoms with E-state index in [1.165, 1.54) is 0 Å². The van der Waals surface area contributed by atoms with Gasteiger partial charge in [-0.25, -0.2) is 0 Å². The number of hydrogen-bond acceptors (Lipinski definition) is 2. The molecule has 0 aromatic heterocycles. The average Bonchev–Trinajstić information content (AvgIpc) is 2.95. The summed E-state index contributed by atoms with van der Waals surface area (Å²) < 4.78 is 0. The van der Waals surface area contributed by atoms with E-state index < -0.39 is 11.4 Å². The lowest BCUT2D eigenvalue weighted by molar-refractivity contribution is -0.137. The fourth-order valence-electron chi connectivity index (χ4n) is 2.47. The van der Waals surface area contributed by atoms with Gasteiger partial charge in [0.2, 0.25) is 0 Å². The summed E-state index contributed by atoms with van der Waals surface area (Å²) in [5, 5.41) is 19.3. The number of benzene rings is 1. The molecule has 17 heavy (non-hydrogen) atoms. The zero-order valence-corrected chi connectivity index (χ0v) is 10.6. The van der Waals surface area contributed by atoms with Crippen LogP contribution in [0.5, 0.6) is 5.75 Å². The minimum Gasteiger partial charge on any atom is -0.506 e. The third kappa shape index (κ3) is 2.00. The number of aryl methyl sites for hydroxylation is 1. The molecule has 0 atom stereocenters. The summed E-state index contributed by atoms with van der Waals surface area (Å²) in [4.78, 5) is 10.9. The number of phenols is 1. The molecule has 1 aromatic rings. The molecular weight excluding hydrogens is 240 g/mol. The van der Waals surface area contributed by atoms with Gasteiger partial charge in [-0.15, -0.1) is 0 Å². The third-order valence-corrected chi connectivity index (χ3v) is 3.93. The molecule has 0 unspecified atom stereocenters. The van der Waals surface area contributed by atoms with Crippen molar-refractivity contribution in [2.45, 2.75) is 38.5 Å². The molecule has 2 rings (SSSR count). The number of carbonyl (C=O) groups is 1. The topological polar surface area (TPSA) is 57.5 Å². The van der Waals surface area contributed by atoms with Crippen LogP contribution < -0.4 is 0 Å². The van der Waals surface area contributed by atoms with E-state index in [0.29, 0.717) is 5.02 Å². The molecule has 1 saturated carbocycles. The third-order valence-electron chi connectivity index (χ3n) is 3.65. The van der Waals surface area contributed by atoms with Gasteiger partial charge in [0.25, 0.3) is 0 Å². The molecule has 2 N–H and O–H groups in total. The second-order valence-electron chi connectivity index (χ2n) is 4.87. The Bertz CT molecular complexity index is 464. The Kier molecular flexibility index (Phi) is 2.82. The summed E-state index contributed by atoms with van der Waals surface area (Å²) in [6, 6.07) is 1.71. The normalized spacial score (nSPS) is 16.9. The minimum absolute atomic E-state index is 0.0496. The van der Waals surface area contributed by atoms with E-state index in [-0.39, 0.29) is 12.2 Å². The first-order valence-electron chi connectivity index (χ1n) is 5.58. The molecule has 0 aliphatic heterocycles. The van der Waals surface area contributed by atoms with Crippen LogP contribution in [0.3, 0.4) is 0 Å². The highest BCUT2D eigenvalue weighted by atomic mass is 35.5. The SMILES string of the molecule is Cc1cc(Cl)c(O)c(C2(CC(=O)O)CC2)c1C. The molecule has 0 heterocycles. The molecule has 0 spiro atoms. The quantitative estimate of drug-likeness (QED) is 0.871. The van der Waals surface area contributed by atoms with Crippen LogP contribution in [0, 0.1) is 13.8 Å². The van der Waals surface area contributed by atoms with E-state index >= 15 is 0 Å². The van der Waals surface area contributed by atoms with Gasteiger partial charge < -0.3 is 10.2 Å². The maximum atomic E-state index is 10.9. The molecule has 0 amide bonds. The lowest BCUT2D eigenvalue weighted by Gasteiger charge is -2.20. The molecular formula is C13H15ClO3. The summed E-state index contributed by atoms with van der Waals surface area (Å²) >= 11 is 5.96. The van der Waals surface area contributed by atoms with Gasteiger partial charge in [-0.3, -0.25) is 4.79 Å². The van der Waals surface area contributed by atoms with Crippen LogP contribution in [0.1, 0.15) is 36.0 Å². The van der Waals surface area contributed by atoms with Gasteiger partial charge in [0.1, 0.15) is 5.75 Å². The van der Waals surface area contributed by atoms with E-state index in [1.54, 1.807) is 6.07 Å². The van der Waals surface area contributed by atoms with Crippen molar-refractivity contribution in [3.8, 4) is 5.75 Å². The van der Waals surface area contributed by atoms with E-state index in [2.05, 4.69) is 0 Å². The average molecular weight is 255 g/mol. The molecule has 1 aliphatic carbocycles. The number of aromatic hydroxyl groups is 1. The first kappa shape index (κ1) is 12.2. The van der Waals surface area contributed by atoms with Crippen LogP contribution in [0.15, 0.2) is 6.07 Å². The van der Waals surface area contributed by atoms with Crippen LogP contribution in [0.25, 0.3) is 0 Å². The van der Waals surface area contributed by atoms with Gasteiger partial charge in [-0.2, -0.15) is 0 Å². The van der Waals surface area contributed by atoms with E-state index in [4.69, 9.17) is 16.7 Å². The summed E-state index contributed by atoms with van der Waals surface area (Å²) in [6.07, 6.45) is 1.65. The molecule has 92 valence electrons. The Morgan fingerprint density at radius 1 is 1.47 bits per heavy atom. The predicted molar refractivity (Wildman–Crippen MR) is 65.8 cm³/mol. The second-order valence-corrected chi connectivity index (χ2v) is 5.28. The Morgan fingerprint density at radius 2 is 2.06 bits per heavy atom. The predicted octanol–water partition coefficient (Wildman–Crippen LogP) is 3.17. The molecule has 0 bridgehead atoms. The van der Waals surface area contributed by atoms with Crippen LogP contribution in [-0.4, -0.2) is 16.2 Å². The zero-order valence-electron chi connectivity index (χ0n) is 9.88. The number of carboxylic acid groups (broad SMARTS) is 1. The first-order valence-corrected chi connectivity index (χ1v) is 5.96. The van der Waals surface area contributed by atoms with Crippen LogP contribution in [0.4, 0.5) is 0 Å². The minimum atomic E-state index is -0.834. The van der Waals surface area contributed by atoms with Gasteiger partial charge >= 0.3 is 5.97 Å². The van der Waals surface area contributed by atoms with E-state index in [0.717, 1.165) is 29.5 Å². The highest BCUT2D eigenvalue weighted by Gasteiger charge is 2.49. The van der Waals surface area contributed by atoms with Gasteiger partial charge in [0.05, 0.1) is 11.4 Å². The lowest BCUT2D eigenvalue weighted by atomic mass is 9.86. The van der Waals surface area contributed by atoms with Crippen molar-refractivity contribution in [2.24, 2.45) is 0 Å². The number of carboxylic acids is 1. The summed E-state index contributed by atoms with van der Waals surface area (Å²) in [6.45, 7) is 3.82. The fraction of sp³-hybridized carbons (Fsp3) is 0.462. The second kappa shape index (κ2) is 3.91. The summed E-state index contributed by atoms with van der Waals surface area (Å²) in [7, 11) is 0. The maximum Gasteiger partial charge on any atom is 0.304 e. The monoisotopic (exact) mass is 254 g/mol. The smallest absolute Gasteiger partial charge is 0.304 e. The number of hydrogen-bond donors (Lipinski definition) is 2. The van der Waals surface area contributed by atoms with Gasteiger partial charge in [0, 0.05) is 11.0 Å². The highest BCUT2D eigenvalue weighted by Crippen LogP contribution is 2.56. The Labute approximate surface area is 105 Å².